The van der Waals surface area contributed by atoms with Gasteiger partial charge in [-0.3, -0.25) is 0 Å². The van der Waals surface area contributed by atoms with Gasteiger partial charge >= 0.3 is 0 Å². The van der Waals surface area contributed by atoms with E-state index in [1.807, 2.05) is 25.1 Å². The van der Waals surface area contributed by atoms with Gasteiger partial charge < -0.3 is 5.32 Å². The van der Waals surface area contributed by atoms with Gasteiger partial charge in [-0.1, -0.05) is 51.8 Å². The van der Waals surface area contributed by atoms with Gasteiger partial charge in [0.15, 0.2) is 0 Å². The van der Waals surface area contributed by atoms with Crippen molar-refractivity contribution in [3.8, 4) is 0 Å². The van der Waals surface area contributed by atoms with E-state index in [0.717, 1.165) is 4.47 Å². The van der Waals surface area contributed by atoms with Gasteiger partial charge in [-0.25, -0.2) is 4.39 Å². The summed E-state index contributed by atoms with van der Waals surface area (Å²) in [5.74, 6) is -0.184. The van der Waals surface area contributed by atoms with Crippen molar-refractivity contribution in [2.75, 3.05) is 0 Å². The standard InChI is InChI=1S/C17H19BrFN/c1-11-5-4-6-14(9-11)12(2)20-13(3)16-8-7-15(18)10-17(16)19/h4-10,12-13,20H,1-3H3/t12-,13?/m0/s1. The van der Waals surface area contributed by atoms with Gasteiger partial charge in [0.25, 0.3) is 0 Å². The van der Waals surface area contributed by atoms with Crippen molar-refractivity contribution >= 4 is 15.9 Å². The molecule has 0 saturated carbocycles. The summed E-state index contributed by atoms with van der Waals surface area (Å²) in [6.45, 7) is 6.16. The quantitative estimate of drug-likeness (QED) is 0.798. The summed E-state index contributed by atoms with van der Waals surface area (Å²) in [7, 11) is 0. The maximum Gasteiger partial charge on any atom is 0.129 e. The molecule has 2 atom stereocenters. The van der Waals surface area contributed by atoms with E-state index in [1.165, 1.54) is 17.2 Å². The van der Waals surface area contributed by atoms with Crippen molar-refractivity contribution in [3.63, 3.8) is 0 Å². The highest BCUT2D eigenvalue weighted by Gasteiger charge is 2.14. The predicted octanol–water partition coefficient (Wildman–Crippen LogP) is 5.31. The summed E-state index contributed by atoms with van der Waals surface area (Å²) in [6, 6.07) is 13.7. The Labute approximate surface area is 128 Å². The number of aryl methyl sites for hydroxylation is 1. The Kier molecular flexibility index (Phi) is 4.95. The molecule has 20 heavy (non-hydrogen) atoms. The molecule has 2 rings (SSSR count). The minimum atomic E-state index is -0.184. The van der Waals surface area contributed by atoms with Crippen LogP contribution in [0.15, 0.2) is 46.9 Å². The van der Waals surface area contributed by atoms with E-state index in [1.54, 1.807) is 0 Å². The third-order valence-corrected chi connectivity index (χ3v) is 3.96. The normalized spacial score (nSPS) is 14.1. The third kappa shape index (κ3) is 3.68. The predicted molar refractivity (Wildman–Crippen MR) is 85.2 cm³/mol. The summed E-state index contributed by atoms with van der Waals surface area (Å²) in [5.41, 5.74) is 3.14. The first-order chi connectivity index (χ1) is 9.47. The van der Waals surface area contributed by atoms with Crippen LogP contribution >= 0.6 is 15.9 Å². The zero-order valence-corrected chi connectivity index (χ0v) is 13.5. The highest BCUT2D eigenvalue weighted by atomic mass is 79.9. The molecule has 0 aliphatic carbocycles. The Bertz CT molecular complexity index is 597. The van der Waals surface area contributed by atoms with Crippen LogP contribution in [0.2, 0.25) is 0 Å². The van der Waals surface area contributed by atoms with Gasteiger partial charge in [0.2, 0.25) is 0 Å². The summed E-state index contributed by atoms with van der Waals surface area (Å²) in [5, 5.41) is 3.44. The Balaban J connectivity index is 2.12. The number of hydrogen-bond acceptors (Lipinski definition) is 1. The SMILES string of the molecule is Cc1cccc([C@H](C)NC(C)c2ccc(Br)cc2F)c1. The van der Waals surface area contributed by atoms with Gasteiger partial charge in [-0.15, -0.1) is 0 Å². The maximum atomic E-state index is 13.9. The van der Waals surface area contributed by atoms with Gasteiger partial charge in [0.05, 0.1) is 0 Å². The van der Waals surface area contributed by atoms with Gasteiger partial charge in [0, 0.05) is 22.1 Å². The number of benzene rings is 2. The van der Waals surface area contributed by atoms with Crippen molar-refractivity contribution in [3.05, 3.63) is 69.4 Å². The van der Waals surface area contributed by atoms with Crippen LogP contribution in [0.25, 0.3) is 0 Å². The van der Waals surface area contributed by atoms with Crippen LogP contribution in [0, 0.1) is 12.7 Å². The monoisotopic (exact) mass is 335 g/mol. The van der Waals surface area contributed by atoms with Gasteiger partial charge in [-0.2, -0.15) is 0 Å². The molecule has 0 fully saturated rings. The fraction of sp³-hybridized carbons (Fsp3) is 0.294. The molecule has 106 valence electrons. The molecule has 1 N–H and O–H groups in total. The zero-order valence-electron chi connectivity index (χ0n) is 12.0. The Hall–Kier alpha value is -1.19. The average molecular weight is 336 g/mol. The number of rotatable bonds is 4. The van der Waals surface area contributed by atoms with Crippen molar-refractivity contribution in [2.45, 2.75) is 32.9 Å². The summed E-state index contributed by atoms with van der Waals surface area (Å²) < 4.78 is 14.7. The minimum Gasteiger partial charge on any atom is -0.304 e. The first-order valence-electron chi connectivity index (χ1n) is 6.75. The minimum absolute atomic E-state index is 0.0430. The molecule has 0 aliphatic rings. The Morgan fingerprint density at radius 3 is 2.45 bits per heavy atom. The number of halogens is 2. The van der Waals surface area contributed by atoms with E-state index in [-0.39, 0.29) is 17.9 Å². The molecular formula is C17H19BrFN. The van der Waals surface area contributed by atoms with Gasteiger partial charge in [-0.05, 0) is 38.5 Å². The molecule has 0 aliphatic heterocycles. The maximum absolute atomic E-state index is 13.9. The van der Waals surface area contributed by atoms with E-state index in [0.29, 0.717) is 5.56 Å². The molecule has 0 radical (unpaired) electrons. The van der Waals surface area contributed by atoms with E-state index in [9.17, 15) is 4.39 Å². The van der Waals surface area contributed by atoms with Crippen LogP contribution in [0.5, 0.6) is 0 Å². The molecule has 2 aromatic rings. The summed E-state index contributed by atoms with van der Waals surface area (Å²) in [6.07, 6.45) is 0. The Morgan fingerprint density at radius 2 is 1.80 bits per heavy atom. The molecule has 0 aromatic heterocycles. The zero-order chi connectivity index (χ0) is 14.7. The smallest absolute Gasteiger partial charge is 0.129 e. The van der Waals surface area contributed by atoms with Crippen molar-refractivity contribution in [2.24, 2.45) is 0 Å². The molecule has 1 nitrogen and oxygen atoms in total. The van der Waals surface area contributed by atoms with E-state index >= 15 is 0 Å². The second kappa shape index (κ2) is 6.51. The fourth-order valence-corrected chi connectivity index (χ4v) is 2.69. The van der Waals surface area contributed by atoms with Crippen LogP contribution in [-0.2, 0) is 0 Å². The third-order valence-electron chi connectivity index (χ3n) is 3.47. The number of nitrogens with one attached hydrogen (secondary N) is 1. The summed E-state index contributed by atoms with van der Waals surface area (Å²) in [4.78, 5) is 0. The van der Waals surface area contributed by atoms with Crippen molar-refractivity contribution < 1.29 is 4.39 Å². The van der Waals surface area contributed by atoms with E-state index in [4.69, 9.17) is 0 Å². The molecule has 0 saturated heterocycles. The van der Waals surface area contributed by atoms with E-state index in [2.05, 4.69) is 53.3 Å². The largest absolute Gasteiger partial charge is 0.304 e. The molecular weight excluding hydrogens is 317 g/mol. The number of hydrogen-bond donors (Lipinski definition) is 1. The van der Waals surface area contributed by atoms with Crippen LogP contribution in [-0.4, -0.2) is 0 Å². The molecule has 0 heterocycles. The molecule has 0 bridgehead atoms. The lowest BCUT2D eigenvalue weighted by Crippen LogP contribution is -2.23. The lowest BCUT2D eigenvalue weighted by molar-refractivity contribution is 0.473. The van der Waals surface area contributed by atoms with Crippen molar-refractivity contribution in [1.29, 1.82) is 0 Å². The van der Waals surface area contributed by atoms with Crippen molar-refractivity contribution in [1.82, 2.24) is 5.32 Å². The second-order valence-corrected chi connectivity index (χ2v) is 6.11. The molecule has 1 unspecified atom stereocenters. The highest BCUT2D eigenvalue weighted by molar-refractivity contribution is 9.10. The summed E-state index contributed by atoms with van der Waals surface area (Å²) >= 11 is 3.28. The van der Waals surface area contributed by atoms with Crippen LogP contribution < -0.4 is 5.32 Å². The highest BCUT2D eigenvalue weighted by Crippen LogP contribution is 2.24. The molecule has 0 amide bonds. The second-order valence-electron chi connectivity index (χ2n) is 5.19. The van der Waals surface area contributed by atoms with Crippen LogP contribution in [0.1, 0.15) is 42.6 Å². The Morgan fingerprint density at radius 1 is 1.05 bits per heavy atom. The lowest BCUT2D eigenvalue weighted by Gasteiger charge is -2.21. The molecule has 3 heteroatoms. The lowest BCUT2D eigenvalue weighted by atomic mass is 10.0. The average Bonchev–Trinajstić information content (AvgIpc) is 2.38. The first-order valence-corrected chi connectivity index (χ1v) is 7.54. The van der Waals surface area contributed by atoms with E-state index < -0.39 is 0 Å². The van der Waals surface area contributed by atoms with Crippen LogP contribution in [0.3, 0.4) is 0 Å². The topological polar surface area (TPSA) is 12.0 Å². The van der Waals surface area contributed by atoms with Crippen LogP contribution in [0.4, 0.5) is 4.39 Å². The molecule has 0 spiro atoms. The van der Waals surface area contributed by atoms with Gasteiger partial charge in [0.1, 0.15) is 5.82 Å². The molecule has 2 aromatic carbocycles. The fourth-order valence-electron chi connectivity index (χ4n) is 2.35. The first kappa shape index (κ1) is 15.2.